The quantitative estimate of drug-likeness (QED) is 0.622. The van der Waals surface area contributed by atoms with Gasteiger partial charge in [0.2, 0.25) is 5.91 Å². The lowest BCUT2D eigenvalue weighted by Crippen LogP contribution is -2.10. The molecule has 0 spiro atoms. The van der Waals surface area contributed by atoms with Crippen molar-refractivity contribution in [2.75, 3.05) is 5.32 Å². The van der Waals surface area contributed by atoms with Crippen molar-refractivity contribution in [2.45, 2.75) is 27.3 Å². The highest BCUT2D eigenvalue weighted by atomic mass is 35.5. The lowest BCUT2D eigenvalue weighted by molar-refractivity contribution is -0.111. The van der Waals surface area contributed by atoms with Crippen LogP contribution in [0.3, 0.4) is 0 Å². The van der Waals surface area contributed by atoms with Gasteiger partial charge in [-0.25, -0.2) is 0 Å². The summed E-state index contributed by atoms with van der Waals surface area (Å²) >= 11 is 6.11. The Hall–Kier alpha value is -2.85. The Labute approximate surface area is 164 Å². The van der Waals surface area contributed by atoms with Gasteiger partial charge in [-0.15, -0.1) is 0 Å². The van der Waals surface area contributed by atoms with E-state index in [1.807, 2.05) is 42.8 Å². The standard InChI is InChI=1S/C22H22ClN3O/c1-15-7-6-8-18(13-15)14-26-17(3)22(16(2)25-26)24-21(27)12-11-19-9-4-5-10-20(19)23/h4-13H,14H2,1-3H3,(H,24,27)/b12-11+. The second-order valence-corrected chi connectivity index (χ2v) is 6.94. The maximum Gasteiger partial charge on any atom is 0.248 e. The fourth-order valence-corrected chi connectivity index (χ4v) is 3.15. The largest absolute Gasteiger partial charge is 0.319 e. The van der Waals surface area contributed by atoms with Gasteiger partial charge < -0.3 is 5.32 Å². The minimum absolute atomic E-state index is 0.212. The van der Waals surface area contributed by atoms with Crippen LogP contribution in [0.1, 0.15) is 28.1 Å². The molecule has 0 aliphatic heterocycles. The molecule has 0 saturated carbocycles. The lowest BCUT2D eigenvalue weighted by Gasteiger charge is -2.07. The summed E-state index contributed by atoms with van der Waals surface area (Å²) in [7, 11) is 0. The molecule has 0 fully saturated rings. The molecule has 0 unspecified atom stereocenters. The fraction of sp³-hybridized carbons (Fsp3) is 0.182. The molecule has 3 aromatic rings. The molecule has 0 saturated heterocycles. The van der Waals surface area contributed by atoms with Gasteiger partial charge in [-0.1, -0.05) is 59.6 Å². The summed E-state index contributed by atoms with van der Waals surface area (Å²) in [5.74, 6) is -0.212. The summed E-state index contributed by atoms with van der Waals surface area (Å²) in [4.78, 5) is 12.3. The van der Waals surface area contributed by atoms with Gasteiger partial charge in [0, 0.05) is 11.1 Å². The number of nitrogens with zero attached hydrogens (tertiary/aromatic N) is 2. The molecule has 2 aromatic carbocycles. The zero-order chi connectivity index (χ0) is 19.4. The molecule has 0 radical (unpaired) electrons. The zero-order valence-corrected chi connectivity index (χ0v) is 16.4. The van der Waals surface area contributed by atoms with Gasteiger partial charge >= 0.3 is 0 Å². The lowest BCUT2D eigenvalue weighted by atomic mass is 10.1. The van der Waals surface area contributed by atoms with Crippen LogP contribution in [0.4, 0.5) is 5.69 Å². The second-order valence-electron chi connectivity index (χ2n) is 6.54. The number of hydrogen-bond donors (Lipinski definition) is 1. The molecule has 1 aromatic heterocycles. The first kappa shape index (κ1) is 18.9. The van der Waals surface area contributed by atoms with Crippen LogP contribution in [0, 0.1) is 20.8 Å². The molecule has 4 nitrogen and oxygen atoms in total. The molecular weight excluding hydrogens is 358 g/mol. The third-order valence-electron chi connectivity index (χ3n) is 4.36. The van der Waals surface area contributed by atoms with Crippen LogP contribution in [0.15, 0.2) is 54.6 Å². The van der Waals surface area contributed by atoms with Crippen molar-refractivity contribution in [1.82, 2.24) is 9.78 Å². The van der Waals surface area contributed by atoms with Gasteiger partial charge in [0.25, 0.3) is 0 Å². The van der Waals surface area contributed by atoms with E-state index >= 15 is 0 Å². The summed E-state index contributed by atoms with van der Waals surface area (Å²) in [5, 5.41) is 8.12. The van der Waals surface area contributed by atoms with Crippen LogP contribution in [0.5, 0.6) is 0 Å². The molecule has 5 heteroatoms. The predicted octanol–water partition coefficient (Wildman–Crippen LogP) is 5.16. The first-order valence-corrected chi connectivity index (χ1v) is 9.15. The van der Waals surface area contributed by atoms with Crippen LogP contribution in [-0.2, 0) is 11.3 Å². The van der Waals surface area contributed by atoms with Crippen molar-refractivity contribution < 1.29 is 4.79 Å². The first-order chi connectivity index (χ1) is 12.9. The van der Waals surface area contributed by atoms with Crippen molar-refractivity contribution >= 4 is 29.3 Å². The van der Waals surface area contributed by atoms with Crippen molar-refractivity contribution in [3.05, 3.63) is 87.7 Å². The van der Waals surface area contributed by atoms with Crippen LogP contribution >= 0.6 is 11.6 Å². The highest BCUT2D eigenvalue weighted by Gasteiger charge is 2.13. The molecule has 0 aliphatic rings. The van der Waals surface area contributed by atoms with E-state index in [4.69, 9.17) is 11.6 Å². The molecule has 0 atom stereocenters. The molecular formula is C22H22ClN3O. The monoisotopic (exact) mass is 379 g/mol. The summed E-state index contributed by atoms with van der Waals surface area (Å²) in [5.41, 5.74) is 5.66. The van der Waals surface area contributed by atoms with E-state index < -0.39 is 0 Å². The third kappa shape index (κ3) is 4.66. The minimum Gasteiger partial charge on any atom is -0.319 e. The van der Waals surface area contributed by atoms with Crippen LogP contribution in [-0.4, -0.2) is 15.7 Å². The van der Waals surface area contributed by atoms with Crippen molar-refractivity contribution in [1.29, 1.82) is 0 Å². The van der Waals surface area contributed by atoms with Gasteiger partial charge in [0.15, 0.2) is 0 Å². The van der Waals surface area contributed by atoms with Crippen molar-refractivity contribution in [3.8, 4) is 0 Å². The normalized spacial score (nSPS) is 11.1. The number of nitrogens with one attached hydrogen (secondary N) is 1. The molecule has 138 valence electrons. The molecule has 0 bridgehead atoms. The maximum atomic E-state index is 12.3. The van der Waals surface area contributed by atoms with Gasteiger partial charge in [-0.3, -0.25) is 9.48 Å². The maximum absolute atomic E-state index is 12.3. The third-order valence-corrected chi connectivity index (χ3v) is 4.71. The number of amides is 1. The van der Waals surface area contributed by atoms with E-state index in [0.717, 1.165) is 22.6 Å². The average Bonchev–Trinajstić information content (AvgIpc) is 2.88. The van der Waals surface area contributed by atoms with Crippen LogP contribution in [0.2, 0.25) is 5.02 Å². The Morgan fingerprint density at radius 3 is 2.67 bits per heavy atom. The fourth-order valence-electron chi connectivity index (χ4n) is 2.96. The smallest absolute Gasteiger partial charge is 0.248 e. The van der Waals surface area contributed by atoms with E-state index in [1.165, 1.54) is 17.2 Å². The number of aromatic nitrogens is 2. The van der Waals surface area contributed by atoms with Gasteiger partial charge in [-0.05, 0) is 44.0 Å². The van der Waals surface area contributed by atoms with E-state index in [-0.39, 0.29) is 5.91 Å². The number of halogens is 1. The van der Waals surface area contributed by atoms with Crippen molar-refractivity contribution in [3.63, 3.8) is 0 Å². The topological polar surface area (TPSA) is 46.9 Å². The van der Waals surface area contributed by atoms with Crippen LogP contribution in [0.25, 0.3) is 6.08 Å². The minimum atomic E-state index is -0.212. The highest BCUT2D eigenvalue weighted by molar-refractivity contribution is 6.32. The molecule has 1 amide bonds. The van der Waals surface area contributed by atoms with E-state index in [1.54, 1.807) is 12.1 Å². The zero-order valence-electron chi connectivity index (χ0n) is 15.7. The highest BCUT2D eigenvalue weighted by Crippen LogP contribution is 2.21. The van der Waals surface area contributed by atoms with Crippen molar-refractivity contribution in [2.24, 2.45) is 0 Å². The SMILES string of the molecule is Cc1cccc(Cn2nc(C)c(NC(=O)/C=C/c3ccccc3Cl)c2C)c1. The number of carbonyl (C=O) groups is 1. The molecule has 1 heterocycles. The van der Waals surface area contributed by atoms with Gasteiger partial charge in [0.05, 0.1) is 23.6 Å². The number of hydrogen-bond acceptors (Lipinski definition) is 2. The Morgan fingerprint density at radius 1 is 1.15 bits per heavy atom. The summed E-state index contributed by atoms with van der Waals surface area (Å²) in [6.45, 7) is 6.59. The Kier molecular flexibility index (Phi) is 5.77. The van der Waals surface area contributed by atoms with E-state index in [9.17, 15) is 4.79 Å². The molecule has 27 heavy (non-hydrogen) atoms. The predicted molar refractivity (Wildman–Crippen MR) is 111 cm³/mol. The number of anilines is 1. The molecule has 0 aliphatic carbocycles. The summed E-state index contributed by atoms with van der Waals surface area (Å²) in [6.07, 6.45) is 3.19. The second kappa shape index (κ2) is 8.23. The summed E-state index contributed by atoms with van der Waals surface area (Å²) < 4.78 is 1.91. The number of carbonyl (C=O) groups excluding carboxylic acids is 1. The number of aryl methyl sites for hydroxylation is 2. The van der Waals surface area contributed by atoms with E-state index in [0.29, 0.717) is 11.6 Å². The molecule has 1 N–H and O–H groups in total. The number of benzene rings is 2. The van der Waals surface area contributed by atoms with E-state index in [2.05, 4.69) is 35.5 Å². The Balaban J connectivity index is 1.74. The van der Waals surface area contributed by atoms with Crippen LogP contribution < -0.4 is 5.32 Å². The Bertz CT molecular complexity index is 1000. The first-order valence-electron chi connectivity index (χ1n) is 8.77. The average molecular weight is 380 g/mol. The summed E-state index contributed by atoms with van der Waals surface area (Å²) in [6, 6.07) is 15.7. The van der Waals surface area contributed by atoms with Gasteiger partial charge in [0.1, 0.15) is 0 Å². The van der Waals surface area contributed by atoms with Gasteiger partial charge in [-0.2, -0.15) is 5.10 Å². The molecule has 3 rings (SSSR count). The number of rotatable bonds is 5. The Morgan fingerprint density at radius 2 is 1.93 bits per heavy atom.